The van der Waals surface area contributed by atoms with Crippen molar-refractivity contribution in [3.05, 3.63) is 22.8 Å². The Kier molecular flexibility index (Phi) is 4.88. The summed E-state index contributed by atoms with van der Waals surface area (Å²) in [7, 11) is 0. The minimum Gasteiger partial charge on any atom is -0.396 e. The van der Waals surface area contributed by atoms with Gasteiger partial charge < -0.3 is 10.4 Å². The van der Waals surface area contributed by atoms with E-state index in [2.05, 4.69) is 10.3 Å². The summed E-state index contributed by atoms with van der Waals surface area (Å²) in [5.41, 5.74) is 0.413. The number of hydrogen-bond donors (Lipinski definition) is 2. The molecule has 1 aromatic heterocycles. The number of nitrogens with one attached hydrogen (secondary N) is 1. The van der Waals surface area contributed by atoms with E-state index in [1.165, 1.54) is 0 Å². The van der Waals surface area contributed by atoms with Gasteiger partial charge in [0, 0.05) is 19.3 Å². The maximum atomic E-state index is 8.73. The van der Waals surface area contributed by atoms with Gasteiger partial charge in [-0.1, -0.05) is 11.6 Å². The molecular formula is C10H12ClN3O. The first-order valence-corrected chi connectivity index (χ1v) is 5.06. The average molecular weight is 226 g/mol. The lowest BCUT2D eigenvalue weighted by Crippen LogP contribution is -2.05. The van der Waals surface area contributed by atoms with Gasteiger partial charge in [-0.2, -0.15) is 5.26 Å². The number of nitrogens with zero attached hydrogens (tertiary/aromatic N) is 2. The second-order valence-electron chi connectivity index (χ2n) is 2.99. The molecule has 0 unspecified atom stereocenters. The number of hydrogen-bond acceptors (Lipinski definition) is 4. The van der Waals surface area contributed by atoms with Gasteiger partial charge in [0.25, 0.3) is 0 Å². The topological polar surface area (TPSA) is 68.9 Å². The van der Waals surface area contributed by atoms with Crippen molar-refractivity contribution in [1.82, 2.24) is 4.98 Å². The van der Waals surface area contributed by atoms with Crippen LogP contribution >= 0.6 is 11.6 Å². The number of aliphatic hydroxyl groups excluding tert-OH is 1. The van der Waals surface area contributed by atoms with Crippen LogP contribution in [-0.2, 0) is 0 Å². The van der Waals surface area contributed by atoms with Crippen LogP contribution in [-0.4, -0.2) is 23.2 Å². The van der Waals surface area contributed by atoms with Crippen LogP contribution < -0.4 is 5.32 Å². The zero-order valence-electron chi connectivity index (χ0n) is 8.20. The van der Waals surface area contributed by atoms with E-state index in [0.717, 1.165) is 12.8 Å². The Morgan fingerprint density at radius 2 is 2.33 bits per heavy atom. The first-order valence-electron chi connectivity index (χ1n) is 4.69. The fourth-order valence-corrected chi connectivity index (χ4v) is 1.32. The Morgan fingerprint density at radius 3 is 3.00 bits per heavy atom. The minimum absolute atomic E-state index is 0.182. The molecule has 0 aliphatic rings. The molecule has 0 aliphatic carbocycles. The Balaban J connectivity index is 2.58. The lowest BCUT2D eigenvalue weighted by molar-refractivity contribution is 0.286. The van der Waals surface area contributed by atoms with E-state index < -0.39 is 0 Å². The third-order valence-electron chi connectivity index (χ3n) is 1.89. The smallest absolute Gasteiger partial charge is 0.146 e. The highest BCUT2D eigenvalue weighted by Crippen LogP contribution is 2.22. The van der Waals surface area contributed by atoms with Crippen molar-refractivity contribution in [3.8, 4) is 6.07 Å². The summed E-state index contributed by atoms with van der Waals surface area (Å²) in [6, 6.07) is 3.56. The van der Waals surface area contributed by atoms with Crippen molar-refractivity contribution in [2.45, 2.75) is 12.8 Å². The fourth-order valence-electron chi connectivity index (χ4n) is 1.10. The molecule has 0 saturated carbocycles. The summed E-state index contributed by atoms with van der Waals surface area (Å²) in [6.07, 6.45) is 3.12. The SMILES string of the molecule is N#Cc1ccnc(NCCCCO)c1Cl. The summed E-state index contributed by atoms with van der Waals surface area (Å²) < 4.78 is 0. The van der Waals surface area contributed by atoms with Crippen molar-refractivity contribution in [2.75, 3.05) is 18.5 Å². The number of pyridine rings is 1. The molecule has 2 N–H and O–H groups in total. The molecule has 0 saturated heterocycles. The van der Waals surface area contributed by atoms with Gasteiger partial charge in [0.2, 0.25) is 0 Å². The Bertz CT molecular complexity index is 362. The van der Waals surface area contributed by atoms with Gasteiger partial charge in [-0.3, -0.25) is 0 Å². The number of aromatic nitrogens is 1. The molecule has 0 radical (unpaired) electrons. The van der Waals surface area contributed by atoms with E-state index in [4.69, 9.17) is 22.0 Å². The van der Waals surface area contributed by atoms with E-state index in [-0.39, 0.29) is 6.61 Å². The van der Waals surface area contributed by atoms with Gasteiger partial charge in [0.05, 0.1) is 5.56 Å². The maximum Gasteiger partial charge on any atom is 0.146 e. The molecule has 0 spiro atoms. The Morgan fingerprint density at radius 1 is 1.53 bits per heavy atom. The molecule has 5 heteroatoms. The number of rotatable bonds is 5. The summed E-state index contributed by atoms with van der Waals surface area (Å²) in [5.74, 6) is 0.522. The molecule has 1 heterocycles. The number of aliphatic hydroxyl groups is 1. The predicted octanol–water partition coefficient (Wildman–Crippen LogP) is 1.79. The molecule has 0 aliphatic heterocycles. The van der Waals surface area contributed by atoms with Crippen molar-refractivity contribution < 1.29 is 5.11 Å². The van der Waals surface area contributed by atoms with Crippen molar-refractivity contribution in [3.63, 3.8) is 0 Å². The monoisotopic (exact) mass is 225 g/mol. The molecule has 0 amide bonds. The van der Waals surface area contributed by atoms with E-state index in [1.54, 1.807) is 12.3 Å². The van der Waals surface area contributed by atoms with Crippen molar-refractivity contribution >= 4 is 17.4 Å². The third-order valence-corrected chi connectivity index (χ3v) is 2.27. The highest BCUT2D eigenvalue weighted by Gasteiger charge is 2.05. The molecule has 0 atom stereocenters. The summed E-state index contributed by atoms with van der Waals surface area (Å²) in [5, 5.41) is 20.7. The predicted molar refractivity (Wildman–Crippen MR) is 58.8 cm³/mol. The Hall–Kier alpha value is -1.31. The van der Waals surface area contributed by atoms with E-state index in [9.17, 15) is 0 Å². The quantitative estimate of drug-likeness (QED) is 0.750. The third kappa shape index (κ3) is 3.39. The van der Waals surface area contributed by atoms with Crippen molar-refractivity contribution in [2.24, 2.45) is 0 Å². The molecule has 0 aromatic carbocycles. The molecule has 0 bridgehead atoms. The number of halogens is 1. The van der Waals surface area contributed by atoms with Gasteiger partial charge >= 0.3 is 0 Å². The highest BCUT2D eigenvalue weighted by molar-refractivity contribution is 6.34. The van der Waals surface area contributed by atoms with Crippen LogP contribution in [0.3, 0.4) is 0 Å². The molecule has 1 aromatic rings. The summed E-state index contributed by atoms with van der Waals surface area (Å²) in [4.78, 5) is 4.03. The first-order chi connectivity index (χ1) is 7.29. The second kappa shape index (κ2) is 6.23. The largest absolute Gasteiger partial charge is 0.396 e. The summed E-state index contributed by atoms with van der Waals surface area (Å²) >= 11 is 5.92. The van der Waals surface area contributed by atoms with E-state index in [1.807, 2.05) is 6.07 Å². The van der Waals surface area contributed by atoms with Crippen LogP contribution in [0.5, 0.6) is 0 Å². The normalized spacial score (nSPS) is 9.67. The zero-order valence-corrected chi connectivity index (χ0v) is 8.96. The molecule has 1 rings (SSSR count). The minimum atomic E-state index is 0.182. The van der Waals surface area contributed by atoms with Crippen LogP contribution in [0.15, 0.2) is 12.3 Å². The van der Waals surface area contributed by atoms with Crippen LogP contribution in [0.25, 0.3) is 0 Å². The first kappa shape index (κ1) is 11.8. The number of nitriles is 1. The standard InChI is InChI=1S/C10H12ClN3O/c11-9-8(7-12)3-5-14-10(9)13-4-1-2-6-15/h3,5,15H,1-2,4,6H2,(H,13,14). The van der Waals surface area contributed by atoms with Crippen LogP contribution in [0.1, 0.15) is 18.4 Å². The summed E-state index contributed by atoms with van der Waals surface area (Å²) in [6.45, 7) is 0.864. The zero-order chi connectivity index (χ0) is 11.1. The molecular weight excluding hydrogens is 214 g/mol. The maximum absolute atomic E-state index is 8.73. The lowest BCUT2D eigenvalue weighted by Gasteiger charge is -2.06. The number of anilines is 1. The van der Waals surface area contributed by atoms with Gasteiger partial charge in [0.15, 0.2) is 0 Å². The molecule has 80 valence electrons. The second-order valence-corrected chi connectivity index (χ2v) is 3.37. The van der Waals surface area contributed by atoms with Crippen molar-refractivity contribution in [1.29, 1.82) is 5.26 Å². The van der Waals surface area contributed by atoms with E-state index >= 15 is 0 Å². The highest BCUT2D eigenvalue weighted by atomic mass is 35.5. The molecule has 0 fully saturated rings. The van der Waals surface area contributed by atoms with Gasteiger partial charge in [-0.25, -0.2) is 4.98 Å². The van der Waals surface area contributed by atoms with E-state index in [0.29, 0.717) is 22.9 Å². The van der Waals surface area contributed by atoms with Gasteiger partial charge in [0.1, 0.15) is 16.9 Å². The Labute approximate surface area is 93.5 Å². The number of unbranched alkanes of at least 4 members (excludes halogenated alkanes) is 1. The molecule has 15 heavy (non-hydrogen) atoms. The van der Waals surface area contributed by atoms with Crippen LogP contribution in [0, 0.1) is 11.3 Å². The van der Waals surface area contributed by atoms with Crippen LogP contribution in [0.4, 0.5) is 5.82 Å². The average Bonchev–Trinajstić information content (AvgIpc) is 2.26. The van der Waals surface area contributed by atoms with Gasteiger partial charge in [-0.05, 0) is 18.9 Å². The van der Waals surface area contributed by atoms with Gasteiger partial charge in [-0.15, -0.1) is 0 Å². The fraction of sp³-hybridized carbons (Fsp3) is 0.400. The van der Waals surface area contributed by atoms with Crippen LogP contribution in [0.2, 0.25) is 5.02 Å². The molecule has 4 nitrogen and oxygen atoms in total. The lowest BCUT2D eigenvalue weighted by atomic mass is 10.3.